The number of hydrogen-bond donors (Lipinski definition) is 2. The van der Waals surface area contributed by atoms with Crippen molar-refractivity contribution < 1.29 is 9.21 Å². The zero-order valence-corrected chi connectivity index (χ0v) is 9.51. The Morgan fingerprint density at radius 2 is 2.39 bits per heavy atom. The maximum Gasteiger partial charge on any atom is 0.262 e. The highest BCUT2D eigenvalue weighted by atomic mass is 16.3. The predicted octanol–water partition coefficient (Wildman–Crippen LogP) is 1.83. The topological polar surface area (TPSA) is 81.8 Å². The zero-order chi connectivity index (χ0) is 12.8. The van der Waals surface area contributed by atoms with Gasteiger partial charge in [-0.15, -0.1) is 0 Å². The number of rotatable bonds is 4. The van der Waals surface area contributed by atoms with Crippen molar-refractivity contribution in [1.82, 2.24) is 10.3 Å². The van der Waals surface area contributed by atoms with Gasteiger partial charge >= 0.3 is 0 Å². The van der Waals surface area contributed by atoms with Crippen molar-refractivity contribution >= 4 is 12.0 Å². The molecule has 0 aliphatic heterocycles. The van der Waals surface area contributed by atoms with Crippen molar-refractivity contribution in [3.63, 3.8) is 0 Å². The second-order valence-electron chi connectivity index (χ2n) is 3.56. The SMILES string of the molecule is N#C/C(=C\c1ccc[nH]1)C(=O)NCc1ccco1. The minimum absolute atomic E-state index is 0.0454. The lowest BCUT2D eigenvalue weighted by Gasteiger charge is -2.01. The van der Waals surface area contributed by atoms with Gasteiger partial charge in [0, 0.05) is 11.9 Å². The maximum absolute atomic E-state index is 11.7. The van der Waals surface area contributed by atoms with Crippen molar-refractivity contribution in [2.75, 3.05) is 0 Å². The van der Waals surface area contributed by atoms with Gasteiger partial charge in [-0.05, 0) is 30.3 Å². The van der Waals surface area contributed by atoms with Crippen LogP contribution in [0.1, 0.15) is 11.5 Å². The molecular weight excluding hydrogens is 230 g/mol. The Labute approximate surface area is 104 Å². The van der Waals surface area contributed by atoms with Crippen molar-refractivity contribution in [2.45, 2.75) is 6.54 Å². The number of hydrogen-bond acceptors (Lipinski definition) is 3. The van der Waals surface area contributed by atoms with E-state index in [4.69, 9.17) is 9.68 Å². The number of aromatic amines is 1. The van der Waals surface area contributed by atoms with Gasteiger partial charge in [0.05, 0.1) is 12.8 Å². The summed E-state index contributed by atoms with van der Waals surface area (Å²) in [7, 11) is 0. The Morgan fingerprint density at radius 3 is 3.00 bits per heavy atom. The van der Waals surface area contributed by atoms with Gasteiger partial charge in [-0.25, -0.2) is 0 Å². The van der Waals surface area contributed by atoms with Crippen LogP contribution in [0.3, 0.4) is 0 Å². The van der Waals surface area contributed by atoms with E-state index in [-0.39, 0.29) is 12.1 Å². The number of nitrogens with one attached hydrogen (secondary N) is 2. The van der Waals surface area contributed by atoms with E-state index in [0.29, 0.717) is 11.5 Å². The van der Waals surface area contributed by atoms with Crippen LogP contribution < -0.4 is 5.32 Å². The molecule has 0 saturated heterocycles. The molecule has 2 aromatic heterocycles. The first-order valence-electron chi connectivity index (χ1n) is 5.35. The van der Waals surface area contributed by atoms with Crippen LogP contribution in [0.5, 0.6) is 0 Å². The summed E-state index contributed by atoms with van der Waals surface area (Å²) in [5.74, 6) is 0.212. The standard InChI is InChI=1S/C13H11N3O2/c14-8-10(7-11-3-1-5-15-11)13(17)16-9-12-4-2-6-18-12/h1-7,15H,9H2,(H,16,17)/b10-7+. The molecule has 0 atom stereocenters. The molecule has 1 amide bonds. The molecule has 0 aromatic carbocycles. The van der Waals surface area contributed by atoms with E-state index in [0.717, 1.165) is 0 Å². The normalized spacial score (nSPS) is 10.9. The molecule has 0 spiro atoms. The van der Waals surface area contributed by atoms with Crippen molar-refractivity contribution in [1.29, 1.82) is 5.26 Å². The third-order valence-corrected chi connectivity index (χ3v) is 2.29. The van der Waals surface area contributed by atoms with Gasteiger partial charge in [0.1, 0.15) is 17.4 Å². The average Bonchev–Trinajstić information content (AvgIpc) is 3.06. The molecule has 0 bridgehead atoms. The lowest BCUT2D eigenvalue weighted by molar-refractivity contribution is -0.117. The van der Waals surface area contributed by atoms with Gasteiger partial charge < -0.3 is 14.7 Å². The molecule has 2 heterocycles. The zero-order valence-electron chi connectivity index (χ0n) is 9.51. The minimum atomic E-state index is -0.427. The second-order valence-corrected chi connectivity index (χ2v) is 3.56. The Kier molecular flexibility index (Phi) is 3.62. The summed E-state index contributed by atoms with van der Waals surface area (Å²) in [6.07, 6.45) is 4.75. The van der Waals surface area contributed by atoms with Crippen LogP contribution in [0, 0.1) is 11.3 Å². The third kappa shape index (κ3) is 2.89. The molecule has 18 heavy (non-hydrogen) atoms. The highest BCUT2D eigenvalue weighted by Gasteiger charge is 2.09. The summed E-state index contributed by atoms with van der Waals surface area (Å²) in [5, 5.41) is 11.5. The predicted molar refractivity (Wildman–Crippen MR) is 64.9 cm³/mol. The number of carbonyl (C=O) groups excluding carboxylic acids is 1. The molecule has 5 heteroatoms. The number of furan rings is 1. The third-order valence-electron chi connectivity index (χ3n) is 2.29. The van der Waals surface area contributed by atoms with E-state index < -0.39 is 5.91 Å². The van der Waals surface area contributed by atoms with E-state index in [9.17, 15) is 4.79 Å². The lowest BCUT2D eigenvalue weighted by Crippen LogP contribution is -2.23. The first-order chi connectivity index (χ1) is 8.79. The molecule has 0 aliphatic rings. The molecule has 0 radical (unpaired) electrons. The van der Waals surface area contributed by atoms with Gasteiger partial charge in [-0.3, -0.25) is 4.79 Å². The molecule has 90 valence electrons. The number of carbonyl (C=O) groups is 1. The van der Waals surface area contributed by atoms with Gasteiger partial charge in [0.25, 0.3) is 5.91 Å². The fourth-order valence-electron chi connectivity index (χ4n) is 1.41. The largest absolute Gasteiger partial charge is 0.467 e. The van der Waals surface area contributed by atoms with Crippen molar-refractivity contribution in [2.24, 2.45) is 0 Å². The van der Waals surface area contributed by atoms with Crippen LogP contribution in [-0.2, 0) is 11.3 Å². The summed E-state index contributed by atoms with van der Waals surface area (Å²) in [5.41, 5.74) is 0.753. The van der Waals surface area contributed by atoms with Gasteiger partial charge in [-0.2, -0.15) is 5.26 Å². The molecular formula is C13H11N3O2. The van der Waals surface area contributed by atoms with E-state index in [1.807, 2.05) is 6.07 Å². The van der Waals surface area contributed by atoms with E-state index in [1.54, 1.807) is 30.5 Å². The fraction of sp³-hybridized carbons (Fsp3) is 0.0769. The lowest BCUT2D eigenvalue weighted by atomic mass is 10.2. The van der Waals surface area contributed by atoms with Crippen LogP contribution in [0.15, 0.2) is 46.7 Å². The molecule has 0 aliphatic carbocycles. The Balaban J connectivity index is 2.00. The summed E-state index contributed by atoms with van der Waals surface area (Å²) in [4.78, 5) is 14.6. The fourth-order valence-corrected chi connectivity index (χ4v) is 1.41. The Morgan fingerprint density at radius 1 is 1.50 bits per heavy atom. The van der Waals surface area contributed by atoms with Crippen LogP contribution in [-0.4, -0.2) is 10.9 Å². The van der Waals surface area contributed by atoms with E-state index >= 15 is 0 Å². The molecule has 0 unspecified atom stereocenters. The summed E-state index contributed by atoms with van der Waals surface area (Å²) in [6.45, 7) is 0.260. The molecule has 2 aromatic rings. The minimum Gasteiger partial charge on any atom is -0.467 e. The van der Waals surface area contributed by atoms with Gasteiger partial charge in [-0.1, -0.05) is 0 Å². The molecule has 0 fully saturated rings. The number of nitrogens with zero attached hydrogens (tertiary/aromatic N) is 1. The molecule has 2 N–H and O–H groups in total. The summed E-state index contributed by atoms with van der Waals surface area (Å²) < 4.78 is 5.08. The summed E-state index contributed by atoms with van der Waals surface area (Å²) >= 11 is 0. The number of amides is 1. The second kappa shape index (κ2) is 5.55. The molecule has 0 saturated carbocycles. The highest BCUT2D eigenvalue weighted by Crippen LogP contribution is 2.05. The maximum atomic E-state index is 11.7. The molecule has 2 rings (SSSR count). The Bertz CT molecular complexity index is 574. The first kappa shape index (κ1) is 11.7. The van der Waals surface area contributed by atoms with Gasteiger partial charge in [0.2, 0.25) is 0 Å². The average molecular weight is 241 g/mol. The smallest absolute Gasteiger partial charge is 0.262 e. The van der Waals surface area contributed by atoms with Crippen LogP contribution in [0.2, 0.25) is 0 Å². The summed E-state index contributed by atoms with van der Waals surface area (Å²) in [6, 6.07) is 8.93. The Hall–Kier alpha value is -2.74. The monoisotopic (exact) mass is 241 g/mol. The number of nitriles is 1. The van der Waals surface area contributed by atoms with Crippen molar-refractivity contribution in [3.05, 3.63) is 53.8 Å². The van der Waals surface area contributed by atoms with Crippen LogP contribution in [0.4, 0.5) is 0 Å². The van der Waals surface area contributed by atoms with Gasteiger partial charge in [0.15, 0.2) is 0 Å². The quantitative estimate of drug-likeness (QED) is 0.632. The first-order valence-corrected chi connectivity index (χ1v) is 5.35. The van der Waals surface area contributed by atoms with E-state index in [1.165, 1.54) is 12.3 Å². The van der Waals surface area contributed by atoms with Crippen molar-refractivity contribution in [3.8, 4) is 6.07 Å². The van der Waals surface area contributed by atoms with E-state index in [2.05, 4.69) is 10.3 Å². The van der Waals surface area contributed by atoms with Crippen LogP contribution in [0.25, 0.3) is 6.08 Å². The van der Waals surface area contributed by atoms with Crippen LogP contribution >= 0.6 is 0 Å². The highest BCUT2D eigenvalue weighted by molar-refractivity contribution is 6.01. The number of aromatic nitrogens is 1. The number of H-pyrrole nitrogens is 1. The molecule has 5 nitrogen and oxygen atoms in total.